The smallest absolute Gasteiger partial charge is 0.244 e. The van der Waals surface area contributed by atoms with E-state index >= 15 is 0 Å². The minimum atomic E-state index is -0.226. The number of hydrazine groups is 1. The van der Waals surface area contributed by atoms with Gasteiger partial charge in [-0.1, -0.05) is 31.0 Å². The average molecular weight is 332 g/mol. The third-order valence-electron chi connectivity index (χ3n) is 4.02. The maximum Gasteiger partial charge on any atom is 0.244 e. The van der Waals surface area contributed by atoms with Crippen LogP contribution in [0.4, 0.5) is 0 Å². The Morgan fingerprint density at radius 1 is 1.35 bits per heavy atom. The van der Waals surface area contributed by atoms with E-state index in [0.717, 1.165) is 29.4 Å². The molecule has 2 aromatic heterocycles. The van der Waals surface area contributed by atoms with Crippen LogP contribution in [-0.2, 0) is 4.79 Å². The molecule has 1 fully saturated rings. The minimum Gasteiger partial charge on any atom is -0.299 e. The van der Waals surface area contributed by atoms with E-state index in [1.807, 2.05) is 12.1 Å². The molecule has 2 aromatic rings. The number of carbonyl (C=O) groups is 1. The number of nitrogens with one attached hydrogen (secondary N) is 1. The molecule has 3 rings (SSSR count). The van der Waals surface area contributed by atoms with E-state index in [-0.39, 0.29) is 11.7 Å². The average Bonchev–Trinajstić information content (AvgIpc) is 3.05. The molecule has 0 radical (unpaired) electrons. The summed E-state index contributed by atoms with van der Waals surface area (Å²) in [5.41, 5.74) is 3.09. The number of hydrogen-bond acceptors (Lipinski definition) is 6. The molecule has 1 saturated carbocycles. The van der Waals surface area contributed by atoms with Crippen LogP contribution >= 0.6 is 11.8 Å². The summed E-state index contributed by atoms with van der Waals surface area (Å²) in [6, 6.07) is 4.25. The summed E-state index contributed by atoms with van der Waals surface area (Å²) in [5.74, 6) is 5.97. The summed E-state index contributed by atoms with van der Waals surface area (Å²) < 4.78 is 2.17. The molecule has 0 spiro atoms. The molecule has 0 bridgehead atoms. The van der Waals surface area contributed by atoms with Crippen molar-refractivity contribution >= 4 is 17.7 Å². The summed E-state index contributed by atoms with van der Waals surface area (Å²) in [5, 5.41) is 9.42. The monoisotopic (exact) mass is 332 g/mol. The zero-order valence-corrected chi connectivity index (χ0v) is 13.6. The molecule has 0 aliphatic heterocycles. The predicted molar refractivity (Wildman–Crippen MR) is 88.4 cm³/mol. The second-order valence-corrected chi connectivity index (χ2v) is 6.51. The molecule has 2 heterocycles. The van der Waals surface area contributed by atoms with Crippen molar-refractivity contribution in [2.75, 3.05) is 5.75 Å². The van der Waals surface area contributed by atoms with Gasteiger partial charge in [0.15, 0.2) is 11.0 Å². The lowest BCUT2D eigenvalue weighted by atomic mass is 9.95. The fraction of sp³-hybridized carbons (Fsp3) is 0.467. The fourth-order valence-corrected chi connectivity index (χ4v) is 3.72. The highest BCUT2D eigenvalue weighted by Gasteiger charge is 2.24. The van der Waals surface area contributed by atoms with E-state index in [1.54, 1.807) is 12.4 Å². The topological polar surface area (TPSA) is 98.7 Å². The van der Waals surface area contributed by atoms with Gasteiger partial charge in [-0.3, -0.25) is 19.8 Å². The van der Waals surface area contributed by atoms with Crippen LogP contribution in [0.15, 0.2) is 29.7 Å². The van der Waals surface area contributed by atoms with E-state index < -0.39 is 0 Å². The number of amides is 1. The van der Waals surface area contributed by atoms with Crippen molar-refractivity contribution in [2.45, 2.75) is 43.3 Å². The lowest BCUT2D eigenvalue weighted by Gasteiger charge is -2.25. The van der Waals surface area contributed by atoms with Gasteiger partial charge in [-0.15, -0.1) is 10.2 Å². The molecule has 3 N–H and O–H groups in total. The maximum atomic E-state index is 11.4. The number of nitrogens with two attached hydrogens (primary N) is 1. The Kier molecular flexibility index (Phi) is 5.24. The first-order valence-electron chi connectivity index (χ1n) is 7.77. The number of pyridine rings is 1. The van der Waals surface area contributed by atoms with Gasteiger partial charge in [0.2, 0.25) is 5.91 Å². The highest BCUT2D eigenvalue weighted by atomic mass is 32.2. The van der Waals surface area contributed by atoms with E-state index in [0.29, 0.717) is 6.04 Å². The first-order chi connectivity index (χ1) is 11.3. The fourth-order valence-electron chi connectivity index (χ4n) is 2.91. The Morgan fingerprint density at radius 2 is 2.17 bits per heavy atom. The molecular weight excluding hydrogens is 312 g/mol. The molecule has 1 aliphatic rings. The van der Waals surface area contributed by atoms with E-state index in [4.69, 9.17) is 5.84 Å². The van der Waals surface area contributed by atoms with Crippen LogP contribution in [0.5, 0.6) is 0 Å². The van der Waals surface area contributed by atoms with Crippen molar-refractivity contribution in [3.05, 3.63) is 24.5 Å². The number of rotatable bonds is 5. The normalized spacial score (nSPS) is 15.5. The van der Waals surface area contributed by atoms with Gasteiger partial charge in [0.05, 0.1) is 5.75 Å². The predicted octanol–water partition coefficient (Wildman–Crippen LogP) is 1.93. The molecule has 0 saturated heterocycles. The second-order valence-electron chi connectivity index (χ2n) is 5.57. The Hall–Kier alpha value is -1.93. The van der Waals surface area contributed by atoms with Crippen LogP contribution in [0, 0.1) is 0 Å². The molecule has 23 heavy (non-hydrogen) atoms. The van der Waals surface area contributed by atoms with Gasteiger partial charge in [0, 0.05) is 24.0 Å². The zero-order chi connectivity index (χ0) is 16.1. The number of thioether (sulfide) groups is 1. The Labute approximate surface area is 139 Å². The highest BCUT2D eigenvalue weighted by molar-refractivity contribution is 7.99. The van der Waals surface area contributed by atoms with Crippen molar-refractivity contribution in [3.8, 4) is 11.4 Å². The lowest BCUT2D eigenvalue weighted by molar-refractivity contribution is -0.118. The van der Waals surface area contributed by atoms with Gasteiger partial charge in [-0.2, -0.15) is 0 Å². The number of nitrogens with zero attached hydrogens (tertiary/aromatic N) is 4. The van der Waals surface area contributed by atoms with E-state index in [2.05, 4.69) is 25.2 Å². The van der Waals surface area contributed by atoms with Crippen molar-refractivity contribution < 1.29 is 4.79 Å². The van der Waals surface area contributed by atoms with Crippen LogP contribution in [0.1, 0.15) is 38.1 Å². The first kappa shape index (κ1) is 15.9. The SMILES string of the molecule is NNC(=O)CSc1nnc(-c2cccnc2)n1C1CCCCC1. The van der Waals surface area contributed by atoms with Crippen molar-refractivity contribution in [1.29, 1.82) is 0 Å². The van der Waals surface area contributed by atoms with E-state index in [1.165, 1.54) is 31.0 Å². The third kappa shape index (κ3) is 3.70. The summed E-state index contributed by atoms with van der Waals surface area (Å²) in [6.45, 7) is 0. The Balaban J connectivity index is 1.92. The van der Waals surface area contributed by atoms with Gasteiger partial charge < -0.3 is 0 Å². The summed E-state index contributed by atoms with van der Waals surface area (Å²) in [6.07, 6.45) is 9.46. The van der Waals surface area contributed by atoms with Gasteiger partial charge in [-0.25, -0.2) is 5.84 Å². The van der Waals surface area contributed by atoms with Crippen LogP contribution in [-0.4, -0.2) is 31.4 Å². The Bertz CT molecular complexity index is 653. The molecule has 122 valence electrons. The Morgan fingerprint density at radius 3 is 2.87 bits per heavy atom. The molecule has 0 atom stereocenters. The lowest BCUT2D eigenvalue weighted by Crippen LogP contribution is -2.31. The van der Waals surface area contributed by atoms with Crippen molar-refractivity contribution in [3.63, 3.8) is 0 Å². The minimum absolute atomic E-state index is 0.226. The summed E-state index contributed by atoms with van der Waals surface area (Å²) in [7, 11) is 0. The number of carbonyl (C=O) groups excluding carboxylic acids is 1. The molecule has 1 aliphatic carbocycles. The second kappa shape index (κ2) is 7.56. The molecule has 1 amide bonds. The van der Waals surface area contributed by atoms with Gasteiger partial charge in [0.1, 0.15) is 0 Å². The van der Waals surface area contributed by atoms with Gasteiger partial charge in [0.25, 0.3) is 0 Å². The standard InChI is InChI=1S/C15H20N6OS/c16-18-13(22)10-23-15-20-19-14(11-5-4-8-17-9-11)21(15)12-6-2-1-3-7-12/h4-5,8-9,12H,1-3,6-7,10,16H2,(H,18,22). The molecule has 7 nitrogen and oxygen atoms in total. The summed E-state index contributed by atoms with van der Waals surface area (Å²) in [4.78, 5) is 15.6. The first-order valence-corrected chi connectivity index (χ1v) is 8.75. The quantitative estimate of drug-likeness (QED) is 0.376. The molecule has 0 aromatic carbocycles. The van der Waals surface area contributed by atoms with Crippen LogP contribution < -0.4 is 11.3 Å². The van der Waals surface area contributed by atoms with Crippen LogP contribution in [0.25, 0.3) is 11.4 Å². The van der Waals surface area contributed by atoms with Gasteiger partial charge in [-0.05, 0) is 25.0 Å². The molecular formula is C15H20N6OS. The summed E-state index contributed by atoms with van der Waals surface area (Å²) >= 11 is 1.37. The van der Waals surface area contributed by atoms with Crippen LogP contribution in [0.3, 0.4) is 0 Å². The van der Waals surface area contributed by atoms with Crippen molar-refractivity contribution in [2.24, 2.45) is 5.84 Å². The van der Waals surface area contributed by atoms with Crippen molar-refractivity contribution in [1.82, 2.24) is 25.2 Å². The largest absolute Gasteiger partial charge is 0.299 e. The van der Waals surface area contributed by atoms with Gasteiger partial charge >= 0.3 is 0 Å². The zero-order valence-electron chi connectivity index (χ0n) is 12.8. The van der Waals surface area contributed by atoms with Crippen LogP contribution in [0.2, 0.25) is 0 Å². The molecule has 0 unspecified atom stereocenters. The number of aromatic nitrogens is 4. The highest BCUT2D eigenvalue weighted by Crippen LogP contribution is 2.35. The number of hydrogen-bond donors (Lipinski definition) is 2. The molecule has 8 heteroatoms. The maximum absolute atomic E-state index is 11.4. The third-order valence-corrected chi connectivity index (χ3v) is 4.96. The van der Waals surface area contributed by atoms with E-state index in [9.17, 15) is 4.79 Å².